The molecule has 0 unspecified atom stereocenters. The zero-order chi connectivity index (χ0) is 17.6. The Kier molecular flexibility index (Phi) is 9.76. The van der Waals surface area contributed by atoms with Gasteiger partial charge in [-0.15, -0.1) is 0 Å². The molecule has 0 radical (unpaired) electrons. The van der Waals surface area contributed by atoms with Gasteiger partial charge in [0, 0.05) is 24.3 Å². The number of ether oxygens (including phenoxy) is 1. The minimum absolute atomic E-state index is 0.828. The Morgan fingerprint density at radius 1 is 0.680 bits per heavy atom. The maximum Gasteiger partial charge on any atom is 0.210 e. The summed E-state index contributed by atoms with van der Waals surface area (Å²) in [6, 6.07) is 14.4. The van der Waals surface area contributed by atoms with E-state index in [9.17, 15) is 0 Å². The van der Waals surface area contributed by atoms with Gasteiger partial charge in [-0.05, 0) is 18.6 Å². The molecule has 0 saturated carbocycles. The summed E-state index contributed by atoms with van der Waals surface area (Å²) in [5, 5.41) is 0. The first-order valence-corrected chi connectivity index (χ1v) is 10.1. The molecule has 1 aromatic heterocycles. The molecule has 0 aliphatic carbocycles. The summed E-state index contributed by atoms with van der Waals surface area (Å²) < 4.78 is 7.96. The summed E-state index contributed by atoms with van der Waals surface area (Å²) in [7, 11) is 0. The van der Waals surface area contributed by atoms with Crippen LogP contribution in [0.25, 0.3) is 5.69 Å². The first kappa shape index (κ1) is 19.5. The van der Waals surface area contributed by atoms with Crippen molar-refractivity contribution in [3.05, 3.63) is 54.9 Å². The number of pyridine rings is 1. The molecule has 0 fully saturated rings. The fourth-order valence-electron chi connectivity index (χ4n) is 3.06. The van der Waals surface area contributed by atoms with Gasteiger partial charge in [-0.1, -0.05) is 70.8 Å². The van der Waals surface area contributed by atoms with Gasteiger partial charge in [-0.2, -0.15) is 4.57 Å². The maximum absolute atomic E-state index is 5.86. The highest BCUT2D eigenvalue weighted by Gasteiger charge is 2.04. The number of hydrogen-bond donors (Lipinski definition) is 0. The van der Waals surface area contributed by atoms with E-state index in [0.29, 0.717) is 0 Å². The molecule has 0 amide bonds. The van der Waals surface area contributed by atoms with Gasteiger partial charge in [0.1, 0.15) is 5.75 Å². The Labute approximate surface area is 153 Å². The quantitative estimate of drug-likeness (QED) is 0.310. The van der Waals surface area contributed by atoms with E-state index < -0.39 is 0 Å². The first-order chi connectivity index (χ1) is 12.4. The number of benzene rings is 1. The summed E-state index contributed by atoms with van der Waals surface area (Å²) in [5.74, 6) is 0.969. The molecule has 0 spiro atoms. The molecular weight excluding hydrogens is 306 g/mol. The van der Waals surface area contributed by atoms with E-state index in [1.54, 1.807) is 0 Å². The zero-order valence-electron chi connectivity index (χ0n) is 15.8. The van der Waals surface area contributed by atoms with Crippen molar-refractivity contribution in [1.29, 1.82) is 0 Å². The molecule has 0 aliphatic rings. The molecule has 1 aromatic carbocycles. The lowest BCUT2D eigenvalue weighted by Gasteiger charge is -2.06. The van der Waals surface area contributed by atoms with Crippen LogP contribution in [0.15, 0.2) is 54.9 Å². The van der Waals surface area contributed by atoms with E-state index in [1.807, 2.05) is 18.2 Å². The van der Waals surface area contributed by atoms with E-state index in [2.05, 4.69) is 48.1 Å². The molecule has 1 heterocycles. The molecule has 2 rings (SSSR count). The molecular formula is C23H34NO+. The fraction of sp³-hybridized carbons (Fsp3) is 0.522. The summed E-state index contributed by atoms with van der Waals surface area (Å²) in [6.07, 6.45) is 17.7. The van der Waals surface area contributed by atoms with Crippen LogP contribution in [-0.4, -0.2) is 6.61 Å². The average Bonchev–Trinajstić information content (AvgIpc) is 2.67. The van der Waals surface area contributed by atoms with Crippen LogP contribution in [-0.2, 0) is 0 Å². The van der Waals surface area contributed by atoms with Crippen molar-refractivity contribution in [3.8, 4) is 11.4 Å². The van der Waals surface area contributed by atoms with Crippen molar-refractivity contribution in [3.63, 3.8) is 0 Å². The Balaban J connectivity index is 1.51. The number of hydrogen-bond acceptors (Lipinski definition) is 1. The minimum atomic E-state index is 0.828. The second-order valence-electron chi connectivity index (χ2n) is 6.81. The molecule has 25 heavy (non-hydrogen) atoms. The fourth-order valence-corrected chi connectivity index (χ4v) is 3.06. The van der Waals surface area contributed by atoms with Gasteiger partial charge in [-0.25, -0.2) is 0 Å². The van der Waals surface area contributed by atoms with Crippen molar-refractivity contribution in [2.45, 2.75) is 71.1 Å². The van der Waals surface area contributed by atoms with Gasteiger partial charge in [0.25, 0.3) is 0 Å². The van der Waals surface area contributed by atoms with Crippen molar-refractivity contribution >= 4 is 0 Å². The number of unbranched alkanes of at least 4 members (excludes halogenated alkanes) is 9. The van der Waals surface area contributed by atoms with Crippen LogP contribution in [0, 0.1) is 0 Å². The maximum atomic E-state index is 5.86. The summed E-state index contributed by atoms with van der Waals surface area (Å²) >= 11 is 0. The highest BCUT2D eigenvalue weighted by Crippen LogP contribution is 2.14. The highest BCUT2D eigenvalue weighted by atomic mass is 16.5. The van der Waals surface area contributed by atoms with Crippen LogP contribution < -0.4 is 9.30 Å². The predicted octanol–water partition coefficient (Wildman–Crippen LogP) is 6.26. The first-order valence-electron chi connectivity index (χ1n) is 10.1. The van der Waals surface area contributed by atoms with Crippen molar-refractivity contribution in [2.24, 2.45) is 0 Å². The summed E-state index contributed by atoms with van der Waals surface area (Å²) in [6.45, 7) is 3.10. The zero-order valence-corrected chi connectivity index (χ0v) is 15.8. The molecule has 2 aromatic rings. The Morgan fingerprint density at radius 3 is 1.84 bits per heavy atom. The van der Waals surface area contributed by atoms with E-state index in [0.717, 1.165) is 24.5 Å². The molecule has 136 valence electrons. The third kappa shape index (κ3) is 8.20. The van der Waals surface area contributed by atoms with E-state index >= 15 is 0 Å². The Bertz CT molecular complexity index is 550. The van der Waals surface area contributed by atoms with Gasteiger partial charge in [0.2, 0.25) is 5.69 Å². The third-order valence-corrected chi connectivity index (χ3v) is 4.62. The number of nitrogens with zero attached hydrogens (tertiary/aromatic N) is 1. The van der Waals surface area contributed by atoms with Crippen LogP contribution in [0.5, 0.6) is 5.75 Å². The van der Waals surface area contributed by atoms with Gasteiger partial charge in [0.05, 0.1) is 6.61 Å². The predicted molar refractivity (Wildman–Crippen MR) is 105 cm³/mol. The van der Waals surface area contributed by atoms with Crippen molar-refractivity contribution in [2.75, 3.05) is 6.61 Å². The molecule has 2 nitrogen and oxygen atoms in total. The van der Waals surface area contributed by atoms with E-state index in [4.69, 9.17) is 4.74 Å². The number of rotatable bonds is 13. The van der Waals surface area contributed by atoms with Gasteiger partial charge in [0.15, 0.2) is 12.4 Å². The molecule has 2 heteroatoms. The minimum Gasteiger partial charge on any atom is -0.494 e. The van der Waals surface area contributed by atoms with Crippen LogP contribution >= 0.6 is 0 Å². The molecule has 0 saturated heterocycles. The van der Waals surface area contributed by atoms with E-state index in [1.165, 1.54) is 57.8 Å². The second-order valence-corrected chi connectivity index (χ2v) is 6.81. The monoisotopic (exact) mass is 340 g/mol. The third-order valence-electron chi connectivity index (χ3n) is 4.62. The largest absolute Gasteiger partial charge is 0.494 e. The highest BCUT2D eigenvalue weighted by molar-refractivity contribution is 5.31. The standard InChI is InChI=1S/C23H34NO/c1-2-3-4-5-6-7-8-9-10-14-21-25-23-17-15-22(16-18-23)24-19-12-11-13-20-24/h11-13,15-20H,2-10,14,21H2,1H3/q+1. The summed E-state index contributed by atoms with van der Waals surface area (Å²) in [4.78, 5) is 0. The molecule has 0 atom stereocenters. The number of aromatic nitrogens is 1. The second kappa shape index (κ2) is 12.5. The van der Waals surface area contributed by atoms with Crippen molar-refractivity contribution in [1.82, 2.24) is 0 Å². The smallest absolute Gasteiger partial charge is 0.210 e. The van der Waals surface area contributed by atoms with Gasteiger partial charge < -0.3 is 4.74 Å². The Morgan fingerprint density at radius 2 is 1.24 bits per heavy atom. The van der Waals surface area contributed by atoms with Crippen LogP contribution in [0.2, 0.25) is 0 Å². The lowest BCUT2D eigenvalue weighted by atomic mass is 10.1. The van der Waals surface area contributed by atoms with Gasteiger partial charge >= 0.3 is 0 Å². The lowest BCUT2D eigenvalue weighted by molar-refractivity contribution is -0.595. The lowest BCUT2D eigenvalue weighted by Crippen LogP contribution is -2.28. The average molecular weight is 341 g/mol. The molecule has 0 N–H and O–H groups in total. The molecule has 0 aliphatic heterocycles. The topological polar surface area (TPSA) is 13.1 Å². The van der Waals surface area contributed by atoms with Crippen LogP contribution in [0.1, 0.15) is 71.1 Å². The molecule has 0 bridgehead atoms. The van der Waals surface area contributed by atoms with Crippen molar-refractivity contribution < 1.29 is 9.30 Å². The SMILES string of the molecule is CCCCCCCCCCCCOc1ccc(-[n+]2ccccc2)cc1. The normalized spacial score (nSPS) is 10.8. The summed E-state index contributed by atoms with van der Waals surface area (Å²) in [5.41, 5.74) is 1.16. The van der Waals surface area contributed by atoms with E-state index in [-0.39, 0.29) is 0 Å². The van der Waals surface area contributed by atoms with Crippen LogP contribution in [0.3, 0.4) is 0 Å². The Hall–Kier alpha value is -1.83. The van der Waals surface area contributed by atoms with Gasteiger partial charge in [-0.3, -0.25) is 0 Å². The van der Waals surface area contributed by atoms with Crippen LogP contribution in [0.4, 0.5) is 0 Å².